The molecule has 1 fully saturated rings. The van der Waals surface area contributed by atoms with E-state index in [1.165, 1.54) is 38.9 Å². The van der Waals surface area contributed by atoms with Gasteiger partial charge in [0.25, 0.3) is 0 Å². The van der Waals surface area contributed by atoms with Crippen LogP contribution in [0.4, 0.5) is 5.69 Å². The summed E-state index contributed by atoms with van der Waals surface area (Å²) in [5.41, 5.74) is 6.87. The second-order valence-corrected chi connectivity index (χ2v) is 6.59. The standard InChI is InChI=1S/C21H28N4O.HI/c22-21(23-13-4-5-14-25-15-6-7-16-25)24-18-9-8-12-20(17-18)26-19-10-2-1-3-11-19;/h1-3,8-12,17H,4-7,13-16H2,(H3,22,23,24);1H. The van der Waals surface area contributed by atoms with Crippen molar-refractivity contribution in [3.05, 3.63) is 54.6 Å². The molecule has 0 aliphatic carbocycles. The number of para-hydroxylation sites is 1. The number of guanidine groups is 1. The predicted molar refractivity (Wildman–Crippen MR) is 123 cm³/mol. The molecule has 146 valence electrons. The molecule has 1 aliphatic rings. The van der Waals surface area contributed by atoms with Crippen LogP contribution in [0.3, 0.4) is 0 Å². The smallest absolute Gasteiger partial charge is 0.193 e. The van der Waals surface area contributed by atoms with Crippen molar-refractivity contribution < 1.29 is 4.74 Å². The monoisotopic (exact) mass is 480 g/mol. The molecule has 0 saturated carbocycles. The van der Waals surface area contributed by atoms with Crippen LogP contribution in [0.25, 0.3) is 0 Å². The summed E-state index contributed by atoms with van der Waals surface area (Å²) in [7, 11) is 0. The van der Waals surface area contributed by atoms with E-state index in [-0.39, 0.29) is 24.0 Å². The molecule has 5 nitrogen and oxygen atoms in total. The van der Waals surface area contributed by atoms with Crippen molar-refractivity contribution in [3.63, 3.8) is 0 Å². The van der Waals surface area contributed by atoms with Crippen molar-refractivity contribution >= 4 is 35.6 Å². The van der Waals surface area contributed by atoms with Crippen molar-refractivity contribution in [1.29, 1.82) is 0 Å². The van der Waals surface area contributed by atoms with Crippen molar-refractivity contribution in [2.75, 3.05) is 31.5 Å². The van der Waals surface area contributed by atoms with Crippen LogP contribution in [0.15, 0.2) is 59.6 Å². The minimum Gasteiger partial charge on any atom is -0.457 e. The van der Waals surface area contributed by atoms with Crippen LogP contribution in [-0.4, -0.2) is 37.0 Å². The molecule has 2 aromatic carbocycles. The zero-order chi connectivity index (χ0) is 18.0. The molecule has 0 aromatic heterocycles. The number of likely N-dealkylation sites (tertiary alicyclic amines) is 1. The van der Waals surface area contributed by atoms with Crippen LogP contribution in [0, 0.1) is 0 Å². The first kappa shape index (κ1) is 21.5. The van der Waals surface area contributed by atoms with Gasteiger partial charge in [-0.3, -0.25) is 4.99 Å². The van der Waals surface area contributed by atoms with Crippen molar-refractivity contribution in [2.45, 2.75) is 25.7 Å². The lowest BCUT2D eigenvalue weighted by Gasteiger charge is -2.13. The van der Waals surface area contributed by atoms with Crippen LogP contribution < -0.4 is 15.8 Å². The normalized spacial score (nSPS) is 14.6. The highest BCUT2D eigenvalue weighted by atomic mass is 127. The molecular weight excluding hydrogens is 451 g/mol. The summed E-state index contributed by atoms with van der Waals surface area (Å²) in [5.74, 6) is 2.02. The minimum absolute atomic E-state index is 0. The third-order valence-corrected chi connectivity index (χ3v) is 4.45. The highest BCUT2D eigenvalue weighted by molar-refractivity contribution is 14.0. The van der Waals surface area contributed by atoms with Gasteiger partial charge in [0.2, 0.25) is 0 Å². The van der Waals surface area contributed by atoms with E-state index in [0.717, 1.165) is 30.2 Å². The third kappa shape index (κ3) is 7.76. The van der Waals surface area contributed by atoms with Gasteiger partial charge in [0.1, 0.15) is 11.5 Å². The molecule has 3 N–H and O–H groups in total. The second-order valence-electron chi connectivity index (χ2n) is 6.59. The molecule has 27 heavy (non-hydrogen) atoms. The average Bonchev–Trinajstić information content (AvgIpc) is 3.16. The summed E-state index contributed by atoms with van der Waals surface area (Å²) >= 11 is 0. The molecule has 0 atom stereocenters. The van der Waals surface area contributed by atoms with E-state index in [1.54, 1.807) is 0 Å². The summed E-state index contributed by atoms with van der Waals surface area (Å²) in [5, 5.41) is 3.14. The van der Waals surface area contributed by atoms with Crippen molar-refractivity contribution in [3.8, 4) is 11.5 Å². The fourth-order valence-electron chi connectivity index (χ4n) is 3.10. The van der Waals surface area contributed by atoms with Gasteiger partial charge in [-0.15, -0.1) is 24.0 Å². The Morgan fingerprint density at radius 3 is 2.52 bits per heavy atom. The first-order chi connectivity index (χ1) is 12.8. The van der Waals surface area contributed by atoms with Crippen LogP contribution in [-0.2, 0) is 0 Å². The van der Waals surface area contributed by atoms with Crippen LogP contribution in [0.5, 0.6) is 11.5 Å². The van der Waals surface area contributed by atoms with Gasteiger partial charge < -0.3 is 20.7 Å². The number of unbranched alkanes of at least 4 members (excludes halogenated alkanes) is 1. The Morgan fingerprint density at radius 2 is 1.74 bits per heavy atom. The summed E-state index contributed by atoms with van der Waals surface area (Å²) in [6.07, 6.45) is 4.94. The van der Waals surface area contributed by atoms with E-state index in [1.807, 2.05) is 54.6 Å². The number of rotatable bonds is 8. The first-order valence-electron chi connectivity index (χ1n) is 9.42. The highest BCUT2D eigenvalue weighted by Gasteiger charge is 2.09. The van der Waals surface area contributed by atoms with Gasteiger partial charge in [0.05, 0.1) is 0 Å². The van der Waals surface area contributed by atoms with Gasteiger partial charge >= 0.3 is 0 Å². The summed E-state index contributed by atoms with van der Waals surface area (Å²) in [6.45, 7) is 4.46. The summed E-state index contributed by atoms with van der Waals surface area (Å²) in [6, 6.07) is 17.4. The second kappa shape index (κ2) is 11.8. The van der Waals surface area contributed by atoms with E-state index < -0.39 is 0 Å². The molecule has 3 rings (SSSR count). The fraction of sp³-hybridized carbons (Fsp3) is 0.381. The van der Waals surface area contributed by atoms with E-state index in [9.17, 15) is 0 Å². The maximum absolute atomic E-state index is 6.00. The maximum atomic E-state index is 6.00. The molecule has 1 heterocycles. The predicted octanol–water partition coefficient (Wildman–Crippen LogP) is 4.70. The van der Waals surface area contributed by atoms with Crippen LogP contribution in [0.2, 0.25) is 0 Å². The number of benzene rings is 2. The van der Waals surface area contributed by atoms with Crippen LogP contribution in [0.1, 0.15) is 25.7 Å². The number of nitrogens with two attached hydrogens (primary N) is 1. The molecule has 1 aliphatic heterocycles. The summed E-state index contributed by atoms with van der Waals surface area (Å²) < 4.78 is 5.84. The number of hydrogen-bond donors (Lipinski definition) is 2. The Balaban J connectivity index is 0.00000261. The Labute approximate surface area is 179 Å². The molecule has 6 heteroatoms. The van der Waals surface area contributed by atoms with E-state index in [2.05, 4.69) is 15.2 Å². The van der Waals surface area contributed by atoms with E-state index in [4.69, 9.17) is 10.5 Å². The molecule has 0 radical (unpaired) electrons. The van der Waals surface area contributed by atoms with Gasteiger partial charge in [-0.1, -0.05) is 24.3 Å². The largest absolute Gasteiger partial charge is 0.457 e. The Hall–Kier alpha value is -1.80. The molecule has 0 unspecified atom stereocenters. The number of anilines is 1. The zero-order valence-electron chi connectivity index (χ0n) is 15.6. The lowest BCUT2D eigenvalue weighted by atomic mass is 10.3. The van der Waals surface area contributed by atoms with Crippen molar-refractivity contribution in [2.24, 2.45) is 10.7 Å². The number of nitrogens with zero attached hydrogens (tertiary/aromatic N) is 2. The number of hydrogen-bond acceptors (Lipinski definition) is 3. The van der Waals surface area contributed by atoms with Crippen LogP contribution >= 0.6 is 24.0 Å². The lowest BCUT2D eigenvalue weighted by molar-refractivity contribution is 0.331. The Kier molecular flexibility index (Phi) is 9.41. The molecule has 0 spiro atoms. The quantitative estimate of drug-likeness (QED) is 0.249. The minimum atomic E-state index is 0. The number of ether oxygens (including phenoxy) is 1. The molecule has 2 aromatic rings. The molecule has 1 saturated heterocycles. The Morgan fingerprint density at radius 1 is 1.00 bits per heavy atom. The zero-order valence-corrected chi connectivity index (χ0v) is 18.0. The highest BCUT2D eigenvalue weighted by Crippen LogP contribution is 2.23. The maximum Gasteiger partial charge on any atom is 0.193 e. The van der Waals surface area contributed by atoms with E-state index >= 15 is 0 Å². The van der Waals surface area contributed by atoms with Gasteiger partial charge in [-0.25, -0.2) is 0 Å². The third-order valence-electron chi connectivity index (χ3n) is 4.45. The van der Waals surface area contributed by atoms with E-state index in [0.29, 0.717) is 5.96 Å². The van der Waals surface area contributed by atoms with Gasteiger partial charge in [-0.2, -0.15) is 0 Å². The molecular formula is C21H29IN4O. The van der Waals surface area contributed by atoms with Gasteiger partial charge in [0.15, 0.2) is 5.96 Å². The fourth-order valence-corrected chi connectivity index (χ4v) is 3.10. The average molecular weight is 480 g/mol. The lowest BCUT2D eigenvalue weighted by Crippen LogP contribution is -2.23. The SMILES string of the molecule is I.NC(=NCCCCN1CCCC1)Nc1cccc(Oc2ccccc2)c1. The van der Waals surface area contributed by atoms with Crippen molar-refractivity contribution in [1.82, 2.24) is 4.90 Å². The number of halogens is 1. The van der Waals surface area contributed by atoms with Gasteiger partial charge in [0, 0.05) is 18.3 Å². The number of nitrogens with one attached hydrogen (secondary N) is 1. The summed E-state index contributed by atoms with van der Waals surface area (Å²) in [4.78, 5) is 6.95. The topological polar surface area (TPSA) is 62.9 Å². The molecule has 0 bridgehead atoms. The molecule has 0 amide bonds. The van der Waals surface area contributed by atoms with Gasteiger partial charge in [-0.05, 0) is 69.6 Å². The Bertz CT molecular complexity index is 702. The number of aliphatic imine (C=N–C) groups is 1. The first-order valence-corrected chi connectivity index (χ1v) is 9.42.